The summed E-state index contributed by atoms with van der Waals surface area (Å²) < 4.78 is 6.50. The predicted molar refractivity (Wildman–Crippen MR) is 113 cm³/mol. The number of anilines is 1. The zero-order valence-corrected chi connectivity index (χ0v) is 17.2. The van der Waals surface area contributed by atoms with E-state index in [1.165, 1.54) is 7.11 Å². The van der Waals surface area contributed by atoms with Crippen molar-refractivity contribution in [1.82, 2.24) is 9.55 Å². The third-order valence-electron chi connectivity index (χ3n) is 6.15. The Labute approximate surface area is 179 Å². The molecule has 1 spiro atoms. The van der Waals surface area contributed by atoms with E-state index in [1.54, 1.807) is 17.1 Å². The highest BCUT2D eigenvalue weighted by atomic mass is 35.5. The second-order valence-corrected chi connectivity index (χ2v) is 8.18. The monoisotopic (exact) mass is 421 g/mol. The summed E-state index contributed by atoms with van der Waals surface area (Å²) in [5.41, 5.74) is 2.97. The summed E-state index contributed by atoms with van der Waals surface area (Å²) >= 11 is 6.04. The molecule has 0 N–H and O–H groups in total. The molecule has 1 amide bonds. The van der Waals surface area contributed by atoms with Crippen LogP contribution < -0.4 is 4.90 Å². The smallest absolute Gasteiger partial charge is 0.358 e. The van der Waals surface area contributed by atoms with Crippen LogP contribution in [-0.2, 0) is 21.5 Å². The quantitative estimate of drug-likeness (QED) is 0.588. The molecule has 1 aromatic heterocycles. The molecule has 0 unspecified atom stereocenters. The largest absolute Gasteiger partial charge is 0.464 e. The van der Waals surface area contributed by atoms with Crippen molar-refractivity contribution in [3.63, 3.8) is 0 Å². The van der Waals surface area contributed by atoms with E-state index in [4.69, 9.17) is 16.3 Å². The fourth-order valence-corrected chi connectivity index (χ4v) is 4.70. The van der Waals surface area contributed by atoms with Crippen LogP contribution in [0.4, 0.5) is 5.69 Å². The maximum absolute atomic E-state index is 13.6. The lowest BCUT2D eigenvalue weighted by Gasteiger charge is -2.18. The summed E-state index contributed by atoms with van der Waals surface area (Å²) in [5.74, 6) is -0.177. The predicted octanol–water partition coefficient (Wildman–Crippen LogP) is 3.80. The number of imidazole rings is 1. The molecule has 1 saturated carbocycles. The van der Waals surface area contributed by atoms with Crippen LogP contribution in [0.15, 0.2) is 61.1 Å². The molecule has 1 aliphatic carbocycles. The summed E-state index contributed by atoms with van der Waals surface area (Å²) in [7, 11) is 1.33. The van der Waals surface area contributed by atoms with Crippen molar-refractivity contribution in [2.45, 2.75) is 24.3 Å². The normalized spacial score (nSPS) is 21.7. The van der Waals surface area contributed by atoms with Gasteiger partial charge in [-0.05, 0) is 35.7 Å². The third-order valence-corrected chi connectivity index (χ3v) is 6.40. The van der Waals surface area contributed by atoms with Crippen LogP contribution in [0.5, 0.6) is 0 Å². The number of fused-ring (bicyclic) bond motifs is 2. The molecule has 2 atom stereocenters. The van der Waals surface area contributed by atoms with Crippen molar-refractivity contribution < 1.29 is 14.3 Å². The summed E-state index contributed by atoms with van der Waals surface area (Å²) in [6.07, 6.45) is 4.03. The van der Waals surface area contributed by atoms with Crippen molar-refractivity contribution >= 4 is 29.2 Å². The molecule has 3 aromatic rings. The number of carbonyl (C=O) groups is 2. The van der Waals surface area contributed by atoms with Crippen LogP contribution >= 0.6 is 11.6 Å². The van der Waals surface area contributed by atoms with Gasteiger partial charge in [-0.25, -0.2) is 9.78 Å². The first-order valence-electron chi connectivity index (χ1n) is 9.81. The second kappa shape index (κ2) is 6.99. The van der Waals surface area contributed by atoms with Crippen LogP contribution in [-0.4, -0.2) is 35.1 Å². The van der Waals surface area contributed by atoms with E-state index in [0.29, 0.717) is 18.1 Å². The zero-order valence-electron chi connectivity index (χ0n) is 16.4. The highest BCUT2D eigenvalue weighted by Crippen LogP contribution is 2.66. The second-order valence-electron chi connectivity index (χ2n) is 7.74. The summed E-state index contributed by atoms with van der Waals surface area (Å²) in [5, 5.41) is 0.694. The molecule has 2 aromatic carbocycles. The van der Waals surface area contributed by atoms with Gasteiger partial charge in [0.2, 0.25) is 5.91 Å². The molecule has 0 radical (unpaired) electrons. The number of halogens is 1. The molecule has 0 bridgehead atoms. The molecule has 1 aliphatic heterocycles. The third kappa shape index (κ3) is 2.82. The molecular weight excluding hydrogens is 402 g/mol. The maximum atomic E-state index is 13.6. The number of hydrogen-bond donors (Lipinski definition) is 0. The number of rotatable bonds is 5. The SMILES string of the molecule is COC(=O)c1cn(CCN2C(=O)[C@@]3(C[C@H]3c3ccc(Cl)cc3)c3ccccc32)cn1. The van der Waals surface area contributed by atoms with E-state index in [2.05, 4.69) is 11.1 Å². The number of methoxy groups -OCH3 is 1. The Morgan fingerprint density at radius 3 is 2.73 bits per heavy atom. The standard InChI is InChI=1S/C23H20ClN3O3/c1-30-21(28)19-13-26(14-25-19)10-11-27-20-5-3-2-4-17(20)23(22(27)29)12-18(23)15-6-8-16(24)9-7-15/h2-9,13-14,18H,10-12H2,1H3/t18-,23-/m0/s1. The molecule has 30 heavy (non-hydrogen) atoms. The summed E-state index contributed by atoms with van der Waals surface area (Å²) in [6.45, 7) is 1.04. The van der Waals surface area contributed by atoms with Crippen LogP contribution in [0.2, 0.25) is 5.02 Å². The van der Waals surface area contributed by atoms with Crippen molar-refractivity contribution in [1.29, 1.82) is 0 Å². The highest BCUT2D eigenvalue weighted by molar-refractivity contribution is 6.30. The highest BCUT2D eigenvalue weighted by Gasteiger charge is 2.66. The Kier molecular flexibility index (Phi) is 4.40. The minimum Gasteiger partial charge on any atom is -0.464 e. The molecule has 6 nitrogen and oxygen atoms in total. The Morgan fingerprint density at radius 2 is 1.97 bits per heavy atom. The number of carbonyl (C=O) groups excluding carboxylic acids is 2. The maximum Gasteiger partial charge on any atom is 0.358 e. The van der Waals surface area contributed by atoms with E-state index in [9.17, 15) is 9.59 Å². The Balaban J connectivity index is 1.40. The molecule has 5 rings (SSSR count). The van der Waals surface area contributed by atoms with Crippen molar-refractivity contribution in [3.05, 3.63) is 82.9 Å². The van der Waals surface area contributed by atoms with Crippen LogP contribution in [0, 0.1) is 0 Å². The number of esters is 1. The molecule has 2 aliphatic rings. The van der Waals surface area contributed by atoms with E-state index in [-0.39, 0.29) is 17.5 Å². The minimum atomic E-state index is -0.490. The lowest BCUT2D eigenvalue weighted by Crippen LogP contribution is -2.35. The Morgan fingerprint density at radius 1 is 1.20 bits per heavy atom. The van der Waals surface area contributed by atoms with E-state index >= 15 is 0 Å². The number of benzene rings is 2. The van der Waals surface area contributed by atoms with Crippen molar-refractivity contribution in [2.75, 3.05) is 18.6 Å². The summed E-state index contributed by atoms with van der Waals surface area (Å²) in [4.78, 5) is 31.1. The number of hydrogen-bond acceptors (Lipinski definition) is 4. The van der Waals surface area contributed by atoms with Gasteiger partial charge in [0.05, 0.1) is 18.9 Å². The topological polar surface area (TPSA) is 64.4 Å². The van der Waals surface area contributed by atoms with Gasteiger partial charge in [-0.2, -0.15) is 0 Å². The molecular formula is C23H20ClN3O3. The molecule has 152 valence electrons. The van der Waals surface area contributed by atoms with Crippen molar-refractivity contribution in [2.24, 2.45) is 0 Å². The molecule has 7 heteroatoms. The molecule has 2 heterocycles. The fraction of sp³-hybridized carbons (Fsp3) is 0.261. The lowest BCUT2D eigenvalue weighted by atomic mass is 9.92. The van der Waals surface area contributed by atoms with Gasteiger partial charge in [0.15, 0.2) is 5.69 Å². The van der Waals surface area contributed by atoms with Gasteiger partial charge in [-0.15, -0.1) is 0 Å². The number of ether oxygens (including phenoxy) is 1. The Hall–Kier alpha value is -3.12. The number of nitrogens with zero attached hydrogens (tertiary/aromatic N) is 3. The average Bonchev–Trinajstić information content (AvgIpc) is 3.26. The number of para-hydroxylation sites is 1. The molecule has 0 saturated heterocycles. The van der Waals surface area contributed by atoms with E-state index in [1.807, 2.05) is 47.4 Å². The van der Waals surface area contributed by atoms with Crippen molar-refractivity contribution in [3.8, 4) is 0 Å². The summed E-state index contributed by atoms with van der Waals surface area (Å²) in [6, 6.07) is 15.8. The number of aromatic nitrogens is 2. The first-order valence-corrected chi connectivity index (χ1v) is 10.2. The van der Waals surface area contributed by atoms with Gasteiger partial charge in [0.1, 0.15) is 0 Å². The zero-order chi connectivity index (χ0) is 20.9. The van der Waals surface area contributed by atoms with Gasteiger partial charge in [0.25, 0.3) is 0 Å². The Bertz CT molecular complexity index is 1140. The van der Waals surface area contributed by atoms with Crippen LogP contribution in [0.1, 0.15) is 34.0 Å². The fourth-order valence-electron chi connectivity index (χ4n) is 4.58. The number of amides is 1. The van der Waals surface area contributed by atoms with E-state index < -0.39 is 11.4 Å². The average molecular weight is 422 g/mol. The lowest BCUT2D eigenvalue weighted by molar-refractivity contribution is -0.120. The molecule has 1 fully saturated rings. The van der Waals surface area contributed by atoms with Gasteiger partial charge < -0.3 is 14.2 Å². The van der Waals surface area contributed by atoms with E-state index in [0.717, 1.165) is 23.2 Å². The minimum absolute atomic E-state index is 0.136. The first-order chi connectivity index (χ1) is 14.5. The van der Waals surface area contributed by atoms with Gasteiger partial charge in [-0.3, -0.25) is 4.79 Å². The van der Waals surface area contributed by atoms with Crippen LogP contribution in [0.25, 0.3) is 0 Å². The van der Waals surface area contributed by atoms with Crippen LogP contribution in [0.3, 0.4) is 0 Å². The first kappa shape index (κ1) is 18.9. The van der Waals surface area contributed by atoms with Gasteiger partial charge in [-0.1, -0.05) is 41.9 Å². The van der Waals surface area contributed by atoms with Gasteiger partial charge >= 0.3 is 5.97 Å². The van der Waals surface area contributed by atoms with Gasteiger partial charge in [0, 0.05) is 35.9 Å².